The van der Waals surface area contributed by atoms with Crippen LogP contribution in [-0.4, -0.2) is 17.7 Å². The van der Waals surface area contributed by atoms with Gasteiger partial charge in [-0.05, 0) is 102 Å². The Bertz CT molecular complexity index is 2490. The zero-order chi connectivity index (χ0) is 47.2. The Morgan fingerprint density at radius 2 is 1.25 bits per heavy atom. The van der Waals surface area contributed by atoms with Crippen LogP contribution in [-0.2, 0) is 6.42 Å². The molecule has 4 nitrogen and oxygen atoms in total. The molecular weight excluding hydrogens is 789 g/mol. The lowest BCUT2D eigenvalue weighted by Crippen LogP contribution is -2.27. The Morgan fingerprint density at radius 3 is 1.85 bits per heavy atom. The molecule has 7 rings (SSSR count). The summed E-state index contributed by atoms with van der Waals surface area (Å²) in [5.41, 5.74) is 17.3. The van der Waals surface area contributed by atoms with Crippen molar-refractivity contribution in [3.8, 4) is 11.1 Å². The van der Waals surface area contributed by atoms with Crippen LogP contribution < -0.4 is 15.8 Å². The van der Waals surface area contributed by atoms with Gasteiger partial charge in [0.05, 0.1) is 5.70 Å². The van der Waals surface area contributed by atoms with E-state index in [1.807, 2.05) is 120 Å². The Balaban J connectivity index is 0.000000304. The molecule has 334 valence electrons. The van der Waals surface area contributed by atoms with Gasteiger partial charge in [0.25, 0.3) is 0 Å². The lowest BCUT2D eigenvalue weighted by atomic mass is 9.92. The molecule has 3 N–H and O–H groups in total. The van der Waals surface area contributed by atoms with Crippen LogP contribution in [0, 0.1) is 0 Å². The summed E-state index contributed by atoms with van der Waals surface area (Å²) in [5, 5.41) is 0. The summed E-state index contributed by atoms with van der Waals surface area (Å²) in [7, 11) is 2.02. The van der Waals surface area contributed by atoms with Gasteiger partial charge in [0.2, 0.25) is 17.1 Å². The molecule has 0 fully saturated rings. The van der Waals surface area contributed by atoms with Crippen molar-refractivity contribution >= 4 is 28.4 Å². The van der Waals surface area contributed by atoms with Crippen molar-refractivity contribution in [2.45, 2.75) is 61.3 Å². The van der Waals surface area contributed by atoms with Crippen molar-refractivity contribution in [3.63, 3.8) is 0 Å². The van der Waals surface area contributed by atoms with Gasteiger partial charge >= 0.3 is 0 Å². The fourth-order valence-corrected chi connectivity index (χ4v) is 6.38. The van der Waals surface area contributed by atoms with Gasteiger partial charge in [-0.2, -0.15) is 4.58 Å². The van der Waals surface area contributed by atoms with E-state index in [1.54, 1.807) is 0 Å². The molecule has 0 saturated heterocycles. The third kappa shape index (κ3) is 16.7. The van der Waals surface area contributed by atoms with Gasteiger partial charge < -0.3 is 10.3 Å². The second-order valence-electron chi connectivity index (χ2n) is 14.8. The Labute approximate surface area is 392 Å². The highest BCUT2D eigenvalue weighted by Gasteiger charge is 2.36. The SMILES string of the molecule is C/C=C\C.C=C1/C=C\C=C/N(C)/C=C\C(c2ccc3c(c2)C(/C=C\C=C/C)=[N+]3c2ccccc2)=C/C1=C.CC.CCC.NN/C(=C\Cc1ccccc1)c1ccc(-c2ccccc2)cc1. The first kappa shape index (κ1) is 52.1. The summed E-state index contributed by atoms with van der Waals surface area (Å²) < 4.78 is 2.30. The minimum absolute atomic E-state index is 0.848. The highest BCUT2D eigenvalue weighted by Crippen LogP contribution is 2.37. The maximum atomic E-state index is 5.70. The fraction of sp³-hybridized carbons (Fsp3) is 0.164. The van der Waals surface area contributed by atoms with E-state index in [0.717, 1.165) is 45.7 Å². The second-order valence-corrected chi connectivity index (χ2v) is 14.8. The van der Waals surface area contributed by atoms with E-state index in [2.05, 4.69) is 183 Å². The zero-order valence-electron chi connectivity index (χ0n) is 40.1. The number of hydrogen-bond acceptors (Lipinski definition) is 3. The summed E-state index contributed by atoms with van der Waals surface area (Å²) in [6, 6.07) is 46.3. The highest BCUT2D eigenvalue weighted by atomic mass is 15.2. The average molecular weight is 860 g/mol. The Kier molecular flexibility index (Phi) is 24.0. The molecule has 0 aliphatic carbocycles. The molecule has 5 aromatic carbocycles. The number of nitrogens with two attached hydrogens (primary N) is 1. The normalized spacial score (nSPS) is 15.5. The molecule has 0 amide bonds. The predicted octanol–water partition coefficient (Wildman–Crippen LogP) is 15.9. The van der Waals surface area contributed by atoms with Gasteiger partial charge in [-0.3, -0.25) is 5.84 Å². The van der Waals surface area contributed by atoms with Crippen LogP contribution in [0.15, 0.2) is 243 Å². The van der Waals surface area contributed by atoms with Gasteiger partial charge in [0.15, 0.2) is 0 Å². The standard InChI is InChI=1S/C31H29N2.C21H20N2.C4H8.C3H8.C2H6/c1-5-6-8-16-30-29-23-26(17-18-31(29)33(30)28-14-9-7-10-15-28)27-19-21-32(4)20-12-11-13-24(2)25(3)22-27;22-23-21(16-11-17-7-3-1-4-8-17)20-14-12-19(13-15-20)18-9-5-2-6-10-18;1-3-4-2;1-3-2;1-2/h5-23H,2-3H2,1,4H3;1-10,12-16,23H,11,22H2;3-4H,1-2H3;3H2,1-2H3;1-2H3/q+1;;;;/b6-5-,13-11-,16-8-,20-12-,21-19-,27-22+;21-16-;4-3-;;. The number of hydrazine groups is 1. The quantitative estimate of drug-likeness (QED) is 0.0510. The number of benzene rings is 5. The molecule has 2 heterocycles. The molecule has 4 heteroatoms. The van der Waals surface area contributed by atoms with Crippen LogP contribution in [0.3, 0.4) is 0 Å². The number of nitrogens with zero attached hydrogens (tertiary/aromatic N) is 2. The van der Waals surface area contributed by atoms with Crippen molar-refractivity contribution in [1.82, 2.24) is 14.9 Å². The molecule has 0 aromatic heterocycles. The van der Waals surface area contributed by atoms with Crippen molar-refractivity contribution in [2.24, 2.45) is 5.84 Å². The third-order valence-corrected chi connectivity index (χ3v) is 9.80. The number of rotatable bonds is 9. The minimum Gasteiger partial charge on any atom is -0.357 e. The lowest BCUT2D eigenvalue weighted by molar-refractivity contribution is 0.626. The van der Waals surface area contributed by atoms with Crippen LogP contribution in [0.4, 0.5) is 11.4 Å². The molecule has 2 aliphatic rings. The third-order valence-electron chi connectivity index (χ3n) is 9.80. The van der Waals surface area contributed by atoms with Gasteiger partial charge in [0.1, 0.15) is 5.56 Å². The molecule has 0 atom stereocenters. The van der Waals surface area contributed by atoms with E-state index in [9.17, 15) is 0 Å². The van der Waals surface area contributed by atoms with Crippen LogP contribution in [0.5, 0.6) is 0 Å². The monoisotopic (exact) mass is 860 g/mol. The molecule has 0 bridgehead atoms. The van der Waals surface area contributed by atoms with E-state index < -0.39 is 0 Å². The summed E-state index contributed by atoms with van der Waals surface area (Å²) in [5.74, 6) is 5.70. The largest absolute Gasteiger partial charge is 0.357 e. The van der Waals surface area contributed by atoms with Gasteiger partial charge in [0, 0.05) is 43.7 Å². The predicted molar refractivity (Wildman–Crippen MR) is 289 cm³/mol. The van der Waals surface area contributed by atoms with Crippen LogP contribution in [0.2, 0.25) is 0 Å². The van der Waals surface area contributed by atoms with Gasteiger partial charge in [-0.15, -0.1) is 0 Å². The maximum absolute atomic E-state index is 5.70. The van der Waals surface area contributed by atoms with E-state index >= 15 is 0 Å². The van der Waals surface area contributed by atoms with Gasteiger partial charge in [-0.1, -0.05) is 199 Å². The second kappa shape index (κ2) is 29.9. The fourth-order valence-electron chi connectivity index (χ4n) is 6.38. The summed E-state index contributed by atoms with van der Waals surface area (Å²) in [4.78, 5) is 2.03. The molecule has 0 radical (unpaired) electrons. The highest BCUT2D eigenvalue weighted by molar-refractivity contribution is 6.21. The number of nitrogens with one attached hydrogen (secondary N) is 1. The van der Waals surface area contributed by atoms with Crippen LogP contribution >= 0.6 is 0 Å². The van der Waals surface area contributed by atoms with Crippen molar-refractivity contribution in [2.75, 3.05) is 7.05 Å². The first-order valence-corrected chi connectivity index (χ1v) is 22.7. The zero-order valence-corrected chi connectivity index (χ0v) is 40.1. The summed E-state index contributed by atoms with van der Waals surface area (Å²) >= 11 is 0. The lowest BCUT2D eigenvalue weighted by Gasteiger charge is -2.19. The van der Waals surface area contributed by atoms with E-state index in [-0.39, 0.29) is 0 Å². The van der Waals surface area contributed by atoms with Gasteiger partial charge in [-0.25, -0.2) is 0 Å². The maximum Gasteiger partial charge on any atom is 0.225 e. The number of fused-ring (bicyclic) bond motifs is 1. The van der Waals surface area contributed by atoms with Crippen LogP contribution in [0.1, 0.15) is 77.1 Å². The molecule has 0 spiro atoms. The van der Waals surface area contributed by atoms with E-state index in [4.69, 9.17) is 5.84 Å². The molecule has 5 aromatic rings. The van der Waals surface area contributed by atoms with Crippen molar-refractivity contribution in [3.05, 3.63) is 265 Å². The molecule has 0 unspecified atom stereocenters. The topological polar surface area (TPSA) is 44.3 Å². The summed E-state index contributed by atoms with van der Waals surface area (Å²) in [6.45, 7) is 22.7. The van der Waals surface area contributed by atoms with Crippen LogP contribution in [0.25, 0.3) is 22.4 Å². The number of allylic oxidation sites excluding steroid dienone is 15. The van der Waals surface area contributed by atoms with E-state index in [0.29, 0.717) is 0 Å². The average Bonchev–Trinajstić information content (AvgIpc) is 3.38. The van der Waals surface area contributed by atoms with Crippen molar-refractivity contribution in [1.29, 1.82) is 0 Å². The number of hydrogen-bond donors (Lipinski definition) is 2. The molecular formula is C61H71N4+. The first-order chi connectivity index (χ1) is 31.8. The minimum atomic E-state index is 0.848. The number of para-hydroxylation sites is 1. The molecule has 2 aliphatic heterocycles. The van der Waals surface area contributed by atoms with Crippen molar-refractivity contribution < 1.29 is 0 Å². The first-order valence-electron chi connectivity index (χ1n) is 22.7. The van der Waals surface area contributed by atoms with E-state index in [1.165, 1.54) is 40.1 Å². The molecule has 0 saturated carbocycles. The Morgan fingerprint density at radius 1 is 0.662 bits per heavy atom. The molecule has 65 heavy (non-hydrogen) atoms. The smallest absolute Gasteiger partial charge is 0.225 e. The summed E-state index contributed by atoms with van der Waals surface area (Å²) in [6.07, 6.45) is 30.8. The Hall–Kier alpha value is -7.27.